The van der Waals surface area contributed by atoms with Gasteiger partial charge in [-0.3, -0.25) is 4.79 Å². The average molecular weight is 479 g/mol. The minimum absolute atomic E-state index is 0.177. The van der Waals surface area contributed by atoms with Crippen molar-refractivity contribution in [1.82, 2.24) is 5.43 Å². The summed E-state index contributed by atoms with van der Waals surface area (Å²) in [4.78, 5) is 25.1. The first kappa shape index (κ1) is 22.5. The van der Waals surface area contributed by atoms with Gasteiger partial charge >= 0.3 is 5.97 Å². The summed E-state index contributed by atoms with van der Waals surface area (Å²) in [6.07, 6.45) is 1.40. The van der Waals surface area contributed by atoms with E-state index in [1.54, 1.807) is 30.3 Å². The molecule has 8 heteroatoms. The molecule has 1 aromatic heterocycles. The Morgan fingerprint density at radius 2 is 1.70 bits per heavy atom. The Morgan fingerprint density at radius 1 is 1.00 bits per heavy atom. The van der Waals surface area contributed by atoms with E-state index in [0.29, 0.717) is 27.0 Å². The van der Waals surface area contributed by atoms with Crippen molar-refractivity contribution in [2.75, 3.05) is 6.61 Å². The zero-order chi connectivity index (χ0) is 23.2. The van der Waals surface area contributed by atoms with Crippen LogP contribution in [0.1, 0.15) is 20.8 Å². The van der Waals surface area contributed by atoms with Gasteiger partial charge in [-0.15, -0.1) is 11.3 Å². The van der Waals surface area contributed by atoms with Gasteiger partial charge in [0.25, 0.3) is 5.91 Å². The summed E-state index contributed by atoms with van der Waals surface area (Å²) in [6.45, 7) is 1.72. The van der Waals surface area contributed by atoms with Crippen LogP contribution >= 0.6 is 22.9 Å². The van der Waals surface area contributed by atoms with Gasteiger partial charge in [-0.2, -0.15) is 5.10 Å². The number of fused-ring (bicyclic) bond motifs is 1. The van der Waals surface area contributed by atoms with Crippen LogP contribution < -0.4 is 14.9 Å². The third-order valence-corrected chi connectivity index (χ3v) is 6.34. The second kappa shape index (κ2) is 10.3. The molecule has 0 unspecified atom stereocenters. The number of esters is 1. The predicted molar refractivity (Wildman–Crippen MR) is 131 cm³/mol. The third kappa shape index (κ3) is 5.39. The van der Waals surface area contributed by atoms with Gasteiger partial charge in [0.2, 0.25) is 0 Å². The first-order valence-corrected chi connectivity index (χ1v) is 11.2. The fourth-order valence-electron chi connectivity index (χ4n) is 3.04. The number of carbonyl (C=O) groups excluding carboxylic acids is 2. The smallest absolute Gasteiger partial charge is 0.355 e. The van der Waals surface area contributed by atoms with E-state index in [9.17, 15) is 9.59 Å². The molecule has 6 nitrogen and oxygen atoms in total. The van der Waals surface area contributed by atoms with E-state index in [-0.39, 0.29) is 6.61 Å². The molecule has 1 N–H and O–H groups in total. The molecular weight excluding hydrogens is 460 g/mol. The summed E-state index contributed by atoms with van der Waals surface area (Å²) in [5, 5.41) is 5.13. The normalized spacial score (nSPS) is 11.0. The van der Waals surface area contributed by atoms with Crippen molar-refractivity contribution >= 4 is 51.1 Å². The fraction of sp³-hybridized carbons (Fsp3) is 0.0800. The van der Waals surface area contributed by atoms with Crippen molar-refractivity contribution in [1.29, 1.82) is 0 Å². The van der Waals surface area contributed by atoms with Gasteiger partial charge in [0.15, 0.2) is 6.61 Å². The lowest BCUT2D eigenvalue weighted by Gasteiger charge is -2.08. The first-order valence-electron chi connectivity index (χ1n) is 10.0. The number of hydrogen-bond acceptors (Lipinski definition) is 6. The number of para-hydroxylation sites is 2. The maximum Gasteiger partial charge on any atom is 0.355 e. The lowest BCUT2D eigenvalue weighted by Crippen LogP contribution is -2.24. The summed E-state index contributed by atoms with van der Waals surface area (Å²) < 4.78 is 12.0. The Labute approximate surface area is 199 Å². The lowest BCUT2D eigenvalue weighted by molar-refractivity contribution is -0.123. The van der Waals surface area contributed by atoms with Crippen molar-refractivity contribution < 1.29 is 19.1 Å². The molecule has 0 radical (unpaired) electrons. The van der Waals surface area contributed by atoms with E-state index < -0.39 is 11.9 Å². The van der Waals surface area contributed by atoms with Crippen molar-refractivity contribution in [3.05, 3.63) is 93.8 Å². The molecule has 0 saturated heterocycles. The number of hydrazone groups is 1. The summed E-state index contributed by atoms with van der Waals surface area (Å²) in [5.41, 5.74) is 3.86. The molecule has 1 amide bonds. The highest BCUT2D eigenvalue weighted by molar-refractivity contribution is 7.21. The van der Waals surface area contributed by atoms with E-state index in [1.807, 2.05) is 49.4 Å². The van der Waals surface area contributed by atoms with E-state index in [0.717, 1.165) is 15.6 Å². The fourth-order valence-corrected chi connectivity index (χ4v) is 4.42. The number of benzene rings is 3. The standard InChI is InChI=1S/C25H19ClN2O4S/c1-16-8-2-5-11-19(16)31-15-22(29)28-27-14-17-9-3-6-12-20(17)32-25(30)24-23(26)18-10-4-7-13-21(18)33-24/h2-14H,15H2,1H3,(H,28,29)/b27-14+. The van der Waals surface area contributed by atoms with Gasteiger partial charge in [-0.05, 0) is 36.8 Å². The van der Waals surface area contributed by atoms with E-state index in [1.165, 1.54) is 17.6 Å². The molecule has 0 saturated carbocycles. The SMILES string of the molecule is Cc1ccccc1OCC(=O)N/N=C/c1ccccc1OC(=O)c1sc2ccccc2c1Cl. The number of nitrogens with one attached hydrogen (secondary N) is 1. The van der Waals surface area contributed by atoms with E-state index in [4.69, 9.17) is 21.1 Å². The molecule has 3 aromatic carbocycles. The zero-order valence-corrected chi connectivity index (χ0v) is 19.2. The molecule has 4 rings (SSSR count). The molecule has 0 aliphatic heterocycles. The van der Waals surface area contributed by atoms with Crippen LogP contribution in [0.3, 0.4) is 0 Å². The Morgan fingerprint density at radius 3 is 2.48 bits per heavy atom. The molecule has 0 bridgehead atoms. The summed E-state index contributed by atoms with van der Waals surface area (Å²) in [7, 11) is 0. The number of ether oxygens (including phenoxy) is 2. The highest BCUT2D eigenvalue weighted by Gasteiger charge is 2.19. The first-order chi connectivity index (χ1) is 16.0. The topological polar surface area (TPSA) is 77.0 Å². The van der Waals surface area contributed by atoms with E-state index in [2.05, 4.69) is 10.5 Å². The number of halogens is 1. The van der Waals surface area contributed by atoms with Gasteiger partial charge < -0.3 is 9.47 Å². The Bertz CT molecular complexity index is 1350. The largest absolute Gasteiger partial charge is 0.483 e. The summed E-state index contributed by atoms with van der Waals surface area (Å²) in [6, 6.07) is 21.8. The Kier molecular flexibility index (Phi) is 7.02. The zero-order valence-electron chi connectivity index (χ0n) is 17.6. The lowest BCUT2D eigenvalue weighted by atomic mass is 10.2. The monoisotopic (exact) mass is 478 g/mol. The van der Waals surface area contributed by atoms with Crippen LogP contribution in [0.2, 0.25) is 5.02 Å². The second-order valence-electron chi connectivity index (χ2n) is 7.02. The highest BCUT2D eigenvalue weighted by Crippen LogP contribution is 2.36. The average Bonchev–Trinajstić information content (AvgIpc) is 3.16. The van der Waals surface area contributed by atoms with Crippen LogP contribution in [0, 0.1) is 6.92 Å². The molecule has 4 aromatic rings. The van der Waals surface area contributed by atoms with Gasteiger partial charge in [-0.1, -0.05) is 60.1 Å². The van der Waals surface area contributed by atoms with Gasteiger partial charge in [0, 0.05) is 15.6 Å². The van der Waals surface area contributed by atoms with Crippen molar-refractivity contribution in [3.8, 4) is 11.5 Å². The number of rotatable bonds is 7. The molecule has 1 heterocycles. The van der Waals surface area contributed by atoms with Gasteiger partial charge in [0.1, 0.15) is 16.4 Å². The molecule has 166 valence electrons. The number of hydrogen-bond donors (Lipinski definition) is 1. The summed E-state index contributed by atoms with van der Waals surface area (Å²) >= 11 is 7.66. The minimum Gasteiger partial charge on any atom is -0.483 e. The van der Waals surface area contributed by atoms with Crippen LogP contribution in [0.25, 0.3) is 10.1 Å². The molecule has 0 aliphatic carbocycles. The third-order valence-electron chi connectivity index (χ3n) is 4.69. The number of carbonyl (C=O) groups is 2. The van der Waals surface area contributed by atoms with Crippen LogP contribution in [0.4, 0.5) is 0 Å². The molecule has 0 aliphatic rings. The quantitative estimate of drug-likeness (QED) is 0.162. The van der Waals surface area contributed by atoms with Crippen molar-refractivity contribution in [2.24, 2.45) is 5.10 Å². The second-order valence-corrected chi connectivity index (χ2v) is 8.45. The Hall–Kier alpha value is -3.68. The number of nitrogens with zero attached hydrogens (tertiary/aromatic N) is 1. The van der Waals surface area contributed by atoms with Gasteiger partial charge in [0.05, 0.1) is 11.2 Å². The number of thiophene rings is 1. The number of aryl methyl sites for hydroxylation is 1. The molecule has 33 heavy (non-hydrogen) atoms. The maximum absolute atomic E-state index is 12.8. The van der Waals surface area contributed by atoms with Crippen LogP contribution in [-0.2, 0) is 4.79 Å². The van der Waals surface area contributed by atoms with Crippen molar-refractivity contribution in [2.45, 2.75) is 6.92 Å². The Balaban J connectivity index is 1.40. The molecule has 0 fully saturated rings. The van der Waals surface area contributed by atoms with Crippen LogP contribution in [-0.4, -0.2) is 24.7 Å². The minimum atomic E-state index is -0.558. The molecule has 0 spiro atoms. The van der Waals surface area contributed by atoms with Crippen LogP contribution in [0.15, 0.2) is 77.9 Å². The highest BCUT2D eigenvalue weighted by atomic mass is 35.5. The van der Waals surface area contributed by atoms with E-state index >= 15 is 0 Å². The van der Waals surface area contributed by atoms with Crippen molar-refractivity contribution in [3.63, 3.8) is 0 Å². The van der Waals surface area contributed by atoms with Gasteiger partial charge in [-0.25, -0.2) is 10.2 Å². The maximum atomic E-state index is 12.8. The molecular formula is C25H19ClN2O4S. The predicted octanol–water partition coefficient (Wildman–Crippen LogP) is 5.61. The summed E-state index contributed by atoms with van der Waals surface area (Å²) in [5.74, 6) is -0.0438. The van der Waals surface area contributed by atoms with Crippen LogP contribution in [0.5, 0.6) is 11.5 Å². The number of amides is 1. The molecule has 0 atom stereocenters.